The molecule has 104 valence electrons. The molecule has 0 amide bonds. The average molecular weight is 280 g/mol. The number of rotatable bonds is 3. The van der Waals surface area contributed by atoms with Gasteiger partial charge < -0.3 is 9.15 Å². The molecule has 0 spiro atoms. The highest BCUT2D eigenvalue weighted by Gasteiger charge is 2.15. The molecule has 0 fully saturated rings. The van der Waals surface area contributed by atoms with Crippen molar-refractivity contribution in [2.45, 2.75) is 0 Å². The fourth-order valence-corrected chi connectivity index (χ4v) is 2.34. The summed E-state index contributed by atoms with van der Waals surface area (Å²) in [5.74, 6) is -0.115. The zero-order chi connectivity index (χ0) is 14.8. The van der Waals surface area contributed by atoms with Gasteiger partial charge in [-0.1, -0.05) is 30.3 Å². The SMILES string of the molecule is COC(=O)c1ccc(-c2c(C=O)oc3ccccc23)cc1. The predicted molar refractivity (Wildman–Crippen MR) is 78.4 cm³/mol. The van der Waals surface area contributed by atoms with Crippen molar-refractivity contribution >= 4 is 23.2 Å². The number of benzene rings is 2. The largest absolute Gasteiger partial charge is 0.465 e. The average Bonchev–Trinajstić information content (AvgIpc) is 2.92. The summed E-state index contributed by atoms with van der Waals surface area (Å²) in [4.78, 5) is 22.7. The van der Waals surface area contributed by atoms with E-state index in [4.69, 9.17) is 4.42 Å². The van der Waals surface area contributed by atoms with Gasteiger partial charge in [-0.25, -0.2) is 4.79 Å². The Bertz CT molecular complexity index is 812. The number of methoxy groups -OCH3 is 1. The molecule has 0 radical (unpaired) electrons. The molecular weight excluding hydrogens is 268 g/mol. The van der Waals surface area contributed by atoms with Crippen molar-refractivity contribution in [2.75, 3.05) is 7.11 Å². The summed E-state index contributed by atoms with van der Waals surface area (Å²) in [6, 6.07) is 14.3. The molecule has 0 aliphatic heterocycles. The lowest BCUT2D eigenvalue weighted by molar-refractivity contribution is 0.0600. The maximum atomic E-state index is 11.4. The number of esters is 1. The van der Waals surface area contributed by atoms with E-state index in [-0.39, 0.29) is 5.76 Å². The second-order valence-corrected chi connectivity index (χ2v) is 4.52. The maximum absolute atomic E-state index is 11.4. The van der Waals surface area contributed by atoms with E-state index in [9.17, 15) is 9.59 Å². The van der Waals surface area contributed by atoms with E-state index in [2.05, 4.69) is 4.74 Å². The lowest BCUT2D eigenvalue weighted by Gasteiger charge is -2.02. The zero-order valence-corrected chi connectivity index (χ0v) is 11.3. The van der Waals surface area contributed by atoms with Gasteiger partial charge in [-0.05, 0) is 23.8 Å². The number of carbonyl (C=O) groups excluding carboxylic acids is 2. The van der Waals surface area contributed by atoms with E-state index < -0.39 is 5.97 Å². The summed E-state index contributed by atoms with van der Waals surface area (Å²) in [6.45, 7) is 0. The molecule has 0 aliphatic rings. The molecule has 0 bridgehead atoms. The Kier molecular flexibility index (Phi) is 3.28. The van der Waals surface area contributed by atoms with E-state index in [0.717, 1.165) is 16.5 Å². The van der Waals surface area contributed by atoms with Crippen LogP contribution >= 0.6 is 0 Å². The number of para-hydroxylation sites is 1. The van der Waals surface area contributed by atoms with Crippen LogP contribution in [0.15, 0.2) is 52.9 Å². The topological polar surface area (TPSA) is 56.5 Å². The van der Waals surface area contributed by atoms with Crippen molar-refractivity contribution in [2.24, 2.45) is 0 Å². The van der Waals surface area contributed by atoms with Crippen molar-refractivity contribution in [3.05, 3.63) is 59.9 Å². The molecule has 1 aromatic heterocycles. The van der Waals surface area contributed by atoms with Crippen LogP contribution in [-0.4, -0.2) is 19.4 Å². The summed E-state index contributed by atoms with van der Waals surface area (Å²) in [6.07, 6.45) is 0.698. The molecule has 21 heavy (non-hydrogen) atoms. The molecular formula is C17H12O4. The minimum atomic E-state index is -0.394. The number of furan rings is 1. The molecule has 0 saturated heterocycles. The second-order valence-electron chi connectivity index (χ2n) is 4.52. The Morgan fingerprint density at radius 2 is 1.81 bits per heavy atom. The lowest BCUT2D eigenvalue weighted by Crippen LogP contribution is -2.00. The molecule has 1 heterocycles. The fraction of sp³-hybridized carbons (Fsp3) is 0.0588. The van der Waals surface area contributed by atoms with Crippen molar-refractivity contribution in [1.82, 2.24) is 0 Å². The molecule has 3 aromatic rings. The van der Waals surface area contributed by atoms with Crippen LogP contribution in [0.5, 0.6) is 0 Å². The van der Waals surface area contributed by atoms with Crippen LogP contribution in [0.3, 0.4) is 0 Å². The highest BCUT2D eigenvalue weighted by molar-refractivity contribution is 6.02. The quantitative estimate of drug-likeness (QED) is 0.542. The third-order valence-corrected chi connectivity index (χ3v) is 3.32. The second kappa shape index (κ2) is 5.25. The first-order chi connectivity index (χ1) is 10.2. The molecule has 4 nitrogen and oxygen atoms in total. The van der Waals surface area contributed by atoms with Crippen molar-refractivity contribution in [3.8, 4) is 11.1 Å². The molecule has 2 aromatic carbocycles. The minimum absolute atomic E-state index is 0.280. The van der Waals surface area contributed by atoms with Gasteiger partial charge in [0, 0.05) is 10.9 Å². The number of hydrogen-bond acceptors (Lipinski definition) is 4. The normalized spacial score (nSPS) is 10.5. The van der Waals surface area contributed by atoms with Gasteiger partial charge in [-0.15, -0.1) is 0 Å². The smallest absolute Gasteiger partial charge is 0.337 e. The van der Waals surface area contributed by atoms with E-state index in [1.54, 1.807) is 24.3 Å². The molecule has 0 saturated carbocycles. The molecule has 0 aliphatic carbocycles. The molecule has 0 N–H and O–H groups in total. The van der Waals surface area contributed by atoms with Crippen LogP contribution in [0.1, 0.15) is 20.9 Å². The van der Waals surface area contributed by atoms with Crippen LogP contribution in [0, 0.1) is 0 Å². The summed E-state index contributed by atoms with van der Waals surface area (Å²) in [7, 11) is 1.34. The lowest BCUT2D eigenvalue weighted by atomic mass is 10.0. The van der Waals surface area contributed by atoms with Crippen molar-refractivity contribution < 1.29 is 18.7 Å². The van der Waals surface area contributed by atoms with Crippen LogP contribution in [0.2, 0.25) is 0 Å². The molecule has 3 rings (SSSR count). The molecule has 4 heteroatoms. The Hall–Kier alpha value is -2.88. The number of fused-ring (bicyclic) bond motifs is 1. The van der Waals surface area contributed by atoms with E-state index in [1.165, 1.54) is 7.11 Å². The first-order valence-corrected chi connectivity index (χ1v) is 6.40. The first kappa shape index (κ1) is 13.1. The Labute approximate surface area is 120 Å². The van der Waals surface area contributed by atoms with Crippen LogP contribution in [0.25, 0.3) is 22.1 Å². The first-order valence-electron chi connectivity index (χ1n) is 6.40. The monoisotopic (exact) mass is 280 g/mol. The van der Waals surface area contributed by atoms with Crippen molar-refractivity contribution in [3.63, 3.8) is 0 Å². The molecule has 0 unspecified atom stereocenters. The number of hydrogen-bond donors (Lipinski definition) is 0. The van der Waals surface area contributed by atoms with Crippen LogP contribution < -0.4 is 0 Å². The zero-order valence-electron chi connectivity index (χ0n) is 11.3. The maximum Gasteiger partial charge on any atom is 0.337 e. The van der Waals surface area contributed by atoms with E-state index in [0.29, 0.717) is 17.4 Å². The summed E-state index contributed by atoms with van der Waals surface area (Å²) >= 11 is 0. The highest BCUT2D eigenvalue weighted by atomic mass is 16.5. The minimum Gasteiger partial charge on any atom is -0.465 e. The van der Waals surface area contributed by atoms with Gasteiger partial charge in [-0.2, -0.15) is 0 Å². The van der Waals surface area contributed by atoms with Gasteiger partial charge >= 0.3 is 5.97 Å². The van der Waals surface area contributed by atoms with Crippen LogP contribution in [0.4, 0.5) is 0 Å². The Morgan fingerprint density at radius 1 is 1.10 bits per heavy atom. The van der Waals surface area contributed by atoms with Crippen LogP contribution in [-0.2, 0) is 4.74 Å². The highest BCUT2D eigenvalue weighted by Crippen LogP contribution is 2.34. The summed E-state index contributed by atoms with van der Waals surface area (Å²) < 4.78 is 10.2. The van der Waals surface area contributed by atoms with Gasteiger partial charge in [0.25, 0.3) is 0 Å². The summed E-state index contributed by atoms with van der Waals surface area (Å²) in [5.41, 5.74) is 2.67. The fourth-order valence-electron chi connectivity index (χ4n) is 2.34. The number of aldehydes is 1. The molecule has 0 atom stereocenters. The standard InChI is InChI=1S/C17H12O4/c1-20-17(19)12-8-6-11(7-9-12)16-13-4-2-3-5-14(13)21-15(16)10-18/h2-10H,1H3. The Morgan fingerprint density at radius 3 is 2.48 bits per heavy atom. The van der Waals surface area contributed by atoms with Crippen molar-refractivity contribution in [1.29, 1.82) is 0 Å². The summed E-state index contributed by atoms with van der Waals surface area (Å²) in [5, 5.41) is 0.866. The third-order valence-electron chi connectivity index (χ3n) is 3.32. The number of carbonyl (C=O) groups is 2. The Balaban J connectivity index is 2.15. The van der Waals surface area contributed by atoms with Gasteiger partial charge in [0.15, 0.2) is 12.0 Å². The van der Waals surface area contributed by atoms with E-state index >= 15 is 0 Å². The third kappa shape index (κ3) is 2.21. The number of ether oxygens (including phenoxy) is 1. The van der Waals surface area contributed by atoms with Gasteiger partial charge in [0.2, 0.25) is 0 Å². The van der Waals surface area contributed by atoms with Gasteiger partial charge in [0.05, 0.1) is 12.7 Å². The van der Waals surface area contributed by atoms with Gasteiger partial charge in [0.1, 0.15) is 5.58 Å². The van der Waals surface area contributed by atoms with Gasteiger partial charge in [-0.3, -0.25) is 4.79 Å². The predicted octanol–water partition coefficient (Wildman–Crippen LogP) is 3.70. The van der Waals surface area contributed by atoms with E-state index in [1.807, 2.05) is 24.3 Å².